The van der Waals surface area contributed by atoms with Gasteiger partial charge in [-0.15, -0.1) is 0 Å². The zero-order chi connectivity index (χ0) is 17.9. The Balaban J connectivity index is 1.50. The Bertz CT molecular complexity index is 677. The molecule has 3 nitrogen and oxygen atoms in total. The molecule has 0 saturated carbocycles. The van der Waals surface area contributed by atoms with Gasteiger partial charge in [0.15, 0.2) is 0 Å². The molecule has 3 rings (SSSR count). The number of likely N-dealkylation sites (tertiary alicyclic amines) is 1. The first-order valence-corrected chi connectivity index (χ1v) is 8.26. The third kappa shape index (κ3) is 4.61. The summed E-state index contributed by atoms with van der Waals surface area (Å²) in [7, 11) is 0. The summed E-state index contributed by atoms with van der Waals surface area (Å²) in [5.41, 5.74) is -1.16. The lowest BCUT2D eigenvalue weighted by atomic mass is 10.0. The van der Waals surface area contributed by atoms with Gasteiger partial charge in [-0.2, -0.15) is 13.2 Å². The predicted molar refractivity (Wildman–Crippen MR) is 85.2 cm³/mol. The van der Waals surface area contributed by atoms with Crippen molar-refractivity contribution < 1.29 is 22.0 Å². The lowest BCUT2D eigenvalue weighted by Crippen LogP contribution is -2.41. The zero-order valence-electron chi connectivity index (χ0n) is 13.7. The van der Waals surface area contributed by atoms with Crippen molar-refractivity contribution in [1.82, 2.24) is 10.2 Å². The fourth-order valence-electron chi connectivity index (χ4n) is 3.11. The minimum atomic E-state index is -4.67. The average molecular weight is 356 g/mol. The van der Waals surface area contributed by atoms with E-state index in [9.17, 15) is 17.6 Å². The van der Waals surface area contributed by atoms with Crippen molar-refractivity contribution in [2.45, 2.75) is 38.1 Å². The fraction of sp³-hybridized carbons (Fsp3) is 0.444. The second-order valence-electron chi connectivity index (χ2n) is 6.29. The highest BCUT2D eigenvalue weighted by atomic mass is 19.4. The van der Waals surface area contributed by atoms with Crippen LogP contribution in [0.5, 0.6) is 0 Å². The first kappa shape index (κ1) is 17.9. The summed E-state index contributed by atoms with van der Waals surface area (Å²) in [5.74, 6) is -0.268. The van der Waals surface area contributed by atoms with E-state index in [0.717, 1.165) is 44.3 Å². The molecule has 0 aliphatic carbocycles. The summed E-state index contributed by atoms with van der Waals surface area (Å²) in [4.78, 5) is 2.27. The minimum Gasteiger partial charge on any atom is -0.468 e. The van der Waals surface area contributed by atoms with Crippen LogP contribution in [-0.2, 0) is 19.3 Å². The molecule has 1 saturated heterocycles. The molecule has 1 aliphatic rings. The molecule has 0 amide bonds. The summed E-state index contributed by atoms with van der Waals surface area (Å²) in [6.45, 7) is 2.58. The number of benzene rings is 1. The Labute approximate surface area is 143 Å². The maximum Gasteiger partial charge on any atom is 0.419 e. The Morgan fingerprint density at radius 2 is 1.88 bits per heavy atom. The Morgan fingerprint density at radius 3 is 2.52 bits per heavy atom. The highest BCUT2D eigenvalue weighted by Crippen LogP contribution is 2.32. The summed E-state index contributed by atoms with van der Waals surface area (Å²) >= 11 is 0. The van der Waals surface area contributed by atoms with E-state index in [1.165, 1.54) is 12.1 Å². The molecule has 1 fully saturated rings. The Hall–Kier alpha value is -1.86. The van der Waals surface area contributed by atoms with E-state index in [2.05, 4.69) is 10.2 Å². The van der Waals surface area contributed by atoms with E-state index in [-0.39, 0.29) is 18.2 Å². The number of halogens is 4. The van der Waals surface area contributed by atoms with Gasteiger partial charge in [0.1, 0.15) is 11.6 Å². The van der Waals surface area contributed by atoms with Gasteiger partial charge in [-0.05, 0) is 31.0 Å². The van der Waals surface area contributed by atoms with Crippen molar-refractivity contribution >= 4 is 0 Å². The number of furan rings is 1. The van der Waals surface area contributed by atoms with Crippen LogP contribution in [-0.4, -0.2) is 24.0 Å². The molecule has 0 bridgehead atoms. The Morgan fingerprint density at radius 1 is 1.12 bits per heavy atom. The zero-order valence-corrected chi connectivity index (χ0v) is 13.7. The molecule has 0 unspecified atom stereocenters. The van der Waals surface area contributed by atoms with Crippen LogP contribution in [0.25, 0.3) is 0 Å². The van der Waals surface area contributed by atoms with E-state index in [0.29, 0.717) is 0 Å². The van der Waals surface area contributed by atoms with Crippen molar-refractivity contribution in [1.29, 1.82) is 0 Å². The summed E-state index contributed by atoms with van der Waals surface area (Å²) < 4.78 is 57.6. The van der Waals surface area contributed by atoms with E-state index in [1.54, 1.807) is 6.26 Å². The maximum atomic E-state index is 14.0. The number of rotatable bonds is 5. The second-order valence-corrected chi connectivity index (χ2v) is 6.29. The van der Waals surface area contributed by atoms with Crippen molar-refractivity contribution in [3.8, 4) is 0 Å². The van der Waals surface area contributed by atoms with Crippen LogP contribution in [0.4, 0.5) is 17.6 Å². The molecule has 1 aromatic heterocycles. The maximum absolute atomic E-state index is 14.0. The molecule has 0 spiro atoms. The van der Waals surface area contributed by atoms with Crippen LogP contribution in [0.2, 0.25) is 0 Å². The van der Waals surface area contributed by atoms with Gasteiger partial charge in [-0.1, -0.05) is 12.1 Å². The van der Waals surface area contributed by atoms with Crippen LogP contribution >= 0.6 is 0 Å². The number of nitrogens with zero attached hydrogens (tertiary/aromatic N) is 1. The SMILES string of the molecule is Fc1c(CNC2CCN(Cc3ccco3)CC2)cccc1C(F)(F)F. The van der Waals surface area contributed by atoms with Crippen LogP contribution in [0.3, 0.4) is 0 Å². The highest BCUT2D eigenvalue weighted by Gasteiger charge is 2.34. The van der Waals surface area contributed by atoms with Crippen LogP contribution < -0.4 is 5.32 Å². The molecule has 136 valence electrons. The molecular formula is C18H20F4N2O. The summed E-state index contributed by atoms with van der Waals surface area (Å²) in [5, 5.41) is 3.18. The standard InChI is InChI=1S/C18H20F4N2O/c19-17-13(3-1-5-16(17)18(20,21)22)11-23-14-6-8-24(9-7-14)12-15-4-2-10-25-15/h1-5,10,14,23H,6-9,11-12H2. The quantitative estimate of drug-likeness (QED) is 0.815. The summed E-state index contributed by atoms with van der Waals surface area (Å²) in [6, 6.07) is 7.36. The average Bonchev–Trinajstić information content (AvgIpc) is 3.07. The molecule has 7 heteroatoms. The van der Waals surface area contributed by atoms with Crippen molar-refractivity contribution in [2.75, 3.05) is 13.1 Å². The third-order valence-corrected chi connectivity index (χ3v) is 4.51. The number of alkyl halides is 3. The van der Waals surface area contributed by atoms with Gasteiger partial charge in [-0.3, -0.25) is 4.90 Å². The minimum absolute atomic E-state index is 0.0489. The highest BCUT2D eigenvalue weighted by molar-refractivity contribution is 5.28. The van der Waals surface area contributed by atoms with E-state index in [1.807, 2.05) is 12.1 Å². The van der Waals surface area contributed by atoms with E-state index < -0.39 is 17.6 Å². The van der Waals surface area contributed by atoms with Gasteiger partial charge in [0.25, 0.3) is 0 Å². The smallest absolute Gasteiger partial charge is 0.419 e. The van der Waals surface area contributed by atoms with E-state index in [4.69, 9.17) is 4.42 Å². The molecule has 2 aromatic rings. The molecule has 1 N–H and O–H groups in total. The first-order valence-electron chi connectivity index (χ1n) is 8.26. The van der Waals surface area contributed by atoms with Gasteiger partial charge in [0, 0.05) is 31.2 Å². The molecule has 1 aliphatic heterocycles. The van der Waals surface area contributed by atoms with Gasteiger partial charge < -0.3 is 9.73 Å². The van der Waals surface area contributed by atoms with E-state index >= 15 is 0 Å². The lowest BCUT2D eigenvalue weighted by molar-refractivity contribution is -0.140. The van der Waals surface area contributed by atoms with Crippen LogP contribution in [0, 0.1) is 5.82 Å². The molecule has 2 heterocycles. The van der Waals surface area contributed by atoms with Crippen molar-refractivity contribution in [3.63, 3.8) is 0 Å². The fourth-order valence-corrected chi connectivity index (χ4v) is 3.11. The predicted octanol–water partition coefficient (Wildman–Crippen LogP) is 4.19. The largest absolute Gasteiger partial charge is 0.468 e. The molecular weight excluding hydrogens is 336 g/mol. The number of hydrogen-bond acceptors (Lipinski definition) is 3. The van der Waals surface area contributed by atoms with Crippen molar-refractivity contribution in [2.24, 2.45) is 0 Å². The second kappa shape index (κ2) is 7.58. The normalized spacial score (nSPS) is 17.1. The summed E-state index contributed by atoms with van der Waals surface area (Å²) in [6.07, 6.45) is -1.30. The van der Waals surface area contributed by atoms with Crippen LogP contribution in [0.15, 0.2) is 41.0 Å². The number of hydrogen-bond donors (Lipinski definition) is 1. The molecule has 25 heavy (non-hydrogen) atoms. The molecule has 0 radical (unpaired) electrons. The lowest BCUT2D eigenvalue weighted by Gasteiger charge is -2.32. The molecule has 0 atom stereocenters. The first-order chi connectivity index (χ1) is 11.9. The third-order valence-electron chi connectivity index (χ3n) is 4.51. The topological polar surface area (TPSA) is 28.4 Å². The van der Waals surface area contributed by atoms with Gasteiger partial charge in [-0.25, -0.2) is 4.39 Å². The van der Waals surface area contributed by atoms with Crippen LogP contribution in [0.1, 0.15) is 29.7 Å². The monoisotopic (exact) mass is 356 g/mol. The number of piperidine rings is 1. The van der Waals surface area contributed by atoms with Gasteiger partial charge in [0.2, 0.25) is 0 Å². The van der Waals surface area contributed by atoms with Gasteiger partial charge >= 0.3 is 6.18 Å². The van der Waals surface area contributed by atoms with Crippen molar-refractivity contribution in [3.05, 3.63) is 59.3 Å². The number of nitrogens with one attached hydrogen (secondary N) is 1. The molecule has 1 aromatic carbocycles. The Kier molecular flexibility index (Phi) is 5.44. The van der Waals surface area contributed by atoms with Gasteiger partial charge in [0.05, 0.1) is 18.4 Å².